The number of piperidine rings is 1. The number of fused-ring (bicyclic) bond motifs is 1. The van der Waals surface area contributed by atoms with E-state index >= 15 is 0 Å². The number of Topliss-reactive ketones (excluding diaryl/α,β-unsaturated/α-hetero) is 1. The van der Waals surface area contributed by atoms with Crippen molar-refractivity contribution in [2.24, 2.45) is 18.5 Å². The second kappa shape index (κ2) is 9.74. The van der Waals surface area contributed by atoms with Gasteiger partial charge < -0.3 is 16.4 Å². The summed E-state index contributed by atoms with van der Waals surface area (Å²) >= 11 is 0. The molecule has 11 heteroatoms. The van der Waals surface area contributed by atoms with E-state index in [1.807, 2.05) is 17.9 Å². The Morgan fingerprint density at radius 2 is 2.15 bits per heavy atom. The van der Waals surface area contributed by atoms with Gasteiger partial charge in [0.1, 0.15) is 0 Å². The van der Waals surface area contributed by atoms with Crippen LogP contribution in [0.15, 0.2) is 40.2 Å². The van der Waals surface area contributed by atoms with Gasteiger partial charge in [0.2, 0.25) is 5.95 Å². The highest BCUT2D eigenvalue weighted by molar-refractivity contribution is 5.85. The van der Waals surface area contributed by atoms with Crippen LogP contribution < -0.4 is 27.6 Å². The highest BCUT2D eigenvalue weighted by atomic mass is 16.2. The Labute approximate surface area is 196 Å². The van der Waals surface area contributed by atoms with E-state index in [1.165, 1.54) is 10.8 Å². The van der Waals surface area contributed by atoms with Crippen molar-refractivity contribution in [3.8, 4) is 0 Å². The summed E-state index contributed by atoms with van der Waals surface area (Å²) in [6, 6.07) is 2.35. The van der Waals surface area contributed by atoms with Crippen LogP contribution >= 0.6 is 0 Å². The Balaban J connectivity index is 1.83. The highest BCUT2D eigenvalue weighted by Crippen LogP contribution is 2.23. The Kier molecular flexibility index (Phi) is 6.75. The fourth-order valence-electron chi connectivity index (χ4n) is 4.23. The molecule has 0 amide bonds. The molecule has 4 heterocycles. The molecule has 3 aromatic rings. The number of hydrogen-bond acceptors (Lipinski definition) is 8. The van der Waals surface area contributed by atoms with E-state index in [0.29, 0.717) is 18.1 Å². The third-order valence-corrected chi connectivity index (χ3v) is 6.09. The summed E-state index contributed by atoms with van der Waals surface area (Å²) in [7, 11) is 1.54. The molecule has 34 heavy (non-hydrogen) atoms. The number of aromatic nitrogens is 5. The predicted molar refractivity (Wildman–Crippen MR) is 130 cm³/mol. The average Bonchev–Trinajstić information content (AvgIpc) is 3.23. The van der Waals surface area contributed by atoms with Crippen molar-refractivity contribution in [2.75, 3.05) is 18.0 Å². The van der Waals surface area contributed by atoms with Gasteiger partial charge in [-0.1, -0.05) is 19.1 Å². The average molecular weight is 467 g/mol. The van der Waals surface area contributed by atoms with Gasteiger partial charge >= 0.3 is 5.69 Å². The highest BCUT2D eigenvalue weighted by Gasteiger charge is 2.27. The Hall–Kier alpha value is -3.57. The first-order valence-electron chi connectivity index (χ1n) is 11.4. The van der Waals surface area contributed by atoms with Crippen molar-refractivity contribution in [3.05, 3.63) is 57.0 Å². The van der Waals surface area contributed by atoms with Crippen LogP contribution in [0.1, 0.15) is 37.8 Å². The van der Waals surface area contributed by atoms with E-state index in [4.69, 9.17) is 11.5 Å². The van der Waals surface area contributed by atoms with Gasteiger partial charge in [-0.15, -0.1) is 0 Å². The third-order valence-electron chi connectivity index (χ3n) is 6.09. The molecule has 0 bridgehead atoms. The topological polar surface area (TPSA) is 147 Å². The molecule has 0 saturated carbocycles. The van der Waals surface area contributed by atoms with Gasteiger partial charge in [-0.25, -0.2) is 4.79 Å². The second-order valence-electron chi connectivity index (χ2n) is 8.56. The standard InChI is InChI=1S/C23H30N8O3/c1-3-4-11-30-19-20(27-22(30)29-10-6-8-16(24)13-29)28(2)23(34)31(21(19)33)14-17(32)18(25)15-7-5-9-26-12-15/h4-5,7,9,11-12,16,18H,3,6,8,10,13-14,24-25H2,1-2H3. The van der Waals surface area contributed by atoms with Crippen molar-refractivity contribution >= 4 is 29.1 Å². The van der Waals surface area contributed by atoms with Crippen LogP contribution in [-0.4, -0.2) is 48.6 Å². The Morgan fingerprint density at radius 1 is 1.35 bits per heavy atom. The molecule has 1 aliphatic rings. The van der Waals surface area contributed by atoms with E-state index in [9.17, 15) is 14.4 Å². The summed E-state index contributed by atoms with van der Waals surface area (Å²) in [4.78, 5) is 50.2. The van der Waals surface area contributed by atoms with E-state index in [-0.39, 0.29) is 17.2 Å². The smallest absolute Gasteiger partial charge is 0.332 e. The van der Waals surface area contributed by atoms with E-state index < -0.39 is 29.6 Å². The van der Waals surface area contributed by atoms with Crippen LogP contribution in [0.3, 0.4) is 0 Å². The molecule has 2 unspecified atom stereocenters. The fourth-order valence-corrected chi connectivity index (χ4v) is 4.23. The van der Waals surface area contributed by atoms with Gasteiger partial charge in [-0.05, 0) is 30.9 Å². The molecule has 4 rings (SSSR count). The molecule has 0 radical (unpaired) electrons. The minimum absolute atomic E-state index is 0.00392. The summed E-state index contributed by atoms with van der Waals surface area (Å²) in [6.45, 7) is 2.88. The Bertz CT molecular complexity index is 1340. The maximum atomic E-state index is 13.5. The van der Waals surface area contributed by atoms with E-state index in [2.05, 4.69) is 9.97 Å². The monoisotopic (exact) mass is 466 g/mol. The van der Waals surface area contributed by atoms with Crippen LogP contribution in [0.2, 0.25) is 0 Å². The number of nitrogens with two attached hydrogens (primary N) is 2. The largest absolute Gasteiger partial charge is 0.340 e. The molecule has 0 spiro atoms. The molecule has 1 saturated heterocycles. The lowest BCUT2D eigenvalue weighted by Crippen LogP contribution is -2.44. The molecule has 180 valence electrons. The van der Waals surface area contributed by atoms with Gasteiger partial charge in [0, 0.05) is 44.8 Å². The number of allylic oxidation sites excluding steroid dienone is 1. The number of carbonyl (C=O) groups is 1. The molecule has 0 aliphatic carbocycles. The summed E-state index contributed by atoms with van der Waals surface area (Å²) < 4.78 is 3.91. The number of rotatable bonds is 7. The zero-order chi connectivity index (χ0) is 24.4. The molecule has 2 atom stereocenters. The molecule has 3 aromatic heterocycles. The van der Waals surface area contributed by atoms with Gasteiger partial charge in [-0.3, -0.25) is 28.3 Å². The van der Waals surface area contributed by atoms with Crippen LogP contribution in [0, 0.1) is 0 Å². The molecule has 1 fully saturated rings. The zero-order valence-corrected chi connectivity index (χ0v) is 19.4. The minimum atomic E-state index is -1.00. The second-order valence-corrected chi connectivity index (χ2v) is 8.56. The number of carbonyl (C=O) groups excluding carboxylic acids is 1. The minimum Gasteiger partial charge on any atom is -0.340 e. The normalized spacial score (nSPS) is 17.5. The van der Waals surface area contributed by atoms with Gasteiger partial charge in [0.05, 0.1) is 12.6 Å². The molecule has 4 N–H and O–H groups in total. The van der Waals surface area contributed by atoms with Gasteiger partial charge in [-0.2, -0.15) is 4.98 Å². The van der Waals surface area contributed by atoms with Crippen molar-refractivity contribution in [1.29, 1.82) is 0 Å². The molecule has 11 nitrogen and oxygen atoms in total. The zero-order valence-electron chi connectivity index (χ0n) is 19.4. The van der Waals surface area contributed by atoms with Crippen molar-refractivity contribution < 1.29 is 4.79 Å². The van der Waals surface area contributed by atoms with E-state index in [1.54, 1.807) is 36.1 Å². The number of pyridine rings is 1. The number of hydrogen-bond donors (Lipinski definition) is 2. The lowest BCUT2D eigenvalue weighted by Gasteiger charge is -2.31. The van der Waals surface area contributed by atoms with Crippen molar-refractivity contribution in [1.82, 2.24) is 23.7 Å². The number of ketones is 1. The molecular formula is C23H30N8O3. The first-order valence-corrected chi connectivity index (χ1v) is 11.4. The van der Waals surface area contributed by atoms with Crippen molar-refractivity contribution in [3.63, 3.8) is 0 Å². The van der Waals surface area contributed by atoms with Gasteiger partial charge in [0.25, 0.3) is 5.56 Å². The first kappa shape index (κ1) is 23.6. The summed E-state index contributed by atoms with van der Waals surface area (Å²) in [5.41, 5.74) is 12.0. The molecule has 1 aliphatic heterocycles. The summed E-state index contributed by atoms with van der Waals surface area (Å²) in [5.74, 6) is 0.0852. The fraction of sp³-hybridized carbons (Fsp3) is 0.435. The van der Waals surface area contributed by atoms with Crippen LogP contribution in [0.5, 0.6) is 0 Å². The van der Waals surface area contributed by atoms with Crippen LogP contribution in [0.4, 0.5) is 5.95 Å². The number of imidazole rings is 1. The maximum Gasteiger partial charge on any atom is 0.332 e. The quantitative estimate of drug-likeness (QED) is 0.508. The number of anilines is 1. The first-order chi connectivity index (χ1) is 16.3. The van der Waals surface area contributed by atoms with Crippen molar-refractivity contribution in [2.45, 2.75) is 44.8 Å². The summed E-state index contributed by atoms with van der Waals surface area (Å²) in [6.07, 6.45) is 9.34. The van der Waals surface area contributed by atoms with Crippen LogP contribution in [-0.2, 0) is 18.4 Å². The summed E-state index contributed by atoms with van der Waals surface area (Å²) in [5, 5.41) is 0. The lowest BCUT2D eigenvalue weighted by molar-refractivity contribution is -0.121. The lowest BCUT2D eigenvalue weighted by atomic mass is 10.1. The Morgan fingerprint density at radius 3 is 2.82 bits per heavy atom. The van der Waals surface area contributed by atoms with E-state index in [0.717, 1.165) is 30.4 Å². The number of aryl methyl sites for hydroxylation is 1. The molecular weight excluding hydrogens is 436 g/mol. The van der Waals surface area contributed by atoms with Crippen LogP contribution in [0.25, 0.3) is 17.4 Å². The SMILES string of the molecule is CCC=Cn1c(N2CCCC(N)C2)nc2c1c(=O)n(CC(=O)C(N)c1cccnc1)c(=O)n2C. The molecule has 0 aromatic carbocycles. The third kappa shape index (κ3) is 4.31. The van der Waals surface area contributed by atoms with Gasteiger partial charge in [0.15, 0.2) is 16.9 Å². The predicted octanol–water partition coefficient (Wildman–Crippen LogP) is 0.369. The maximum absolute atomic E-state index is 13.5. The number of nitrogens with zero attached hydrogens (tertiary/aromatic N) is 6.